The number of pyridine rings is 4. The normalized spacial score (nSPS) is 15.3. The fraction of sp³-hybridized carbons (Fsp3) is 0.231. The van der Waals surface area contributed by atoms with Gasteiger partial charge in [-0.3, -0.25) is 9.97 Å². The van der Waals surface area contributed by atoms with Crippen LogP contribution >= 0.6 is 46.4 Å². The van der Waals surface area contributed by atoms with Crippen LogP contribution in [0.2, 0.25) is 20.6 Å². The molecular formula is C26H20Cl4N4. The summed E-state index contributed by atoms with van der Waals surface area (Å²) in [6, 6.07) is 19.2. The summed E-state index contributed by atoms with van der Waals surface area (Å²) < 4.78 is 0. The largest absolute Gasteiger partial charge is 0.252 e. The zero-order chi connectivity index (χ0) is 23.7. The first-order valence-corrected chi connectivity index (χ1v) is 12.6. The lowest BCUT2D eigenvalue weighted by molar-refractivity contribution is 0.332. The molecule has 0 saturated heterocycles. The minimum absolute atomic E-state index is 0.317. The number of nitrogens with zero attached hydrogens (tertiary/aromatic N) is 4. The Hall–Kier alpha value is -2.24. The Morgan fingerprint density at radius 1 is 0.529 bits per heavy atom. The van der Waals surface area contributed by atoms with E-state index in [-0.39, 0.29) is 5.41 Å². The third kappa shape index (κ3) is 4.52. The molecule has 8 heteroatoms. The highest BCUT2D eigenvalue weighted by Gasteiger charge is 2.38. The van der Waals surface area contributed by atoms with Gasteiger partial charge in [0.2, 0.25) is 0 Å². The zero-order valence-electron chi connectivity index (χ0n) is 18.1. The number of hydrogen-bond donors (Lipinski definition) is 0. The fourth-order valence-corrected chi connectivity index (χ4v) is 5.59. The van der Waals surface area contributed by atoms with Crippen molar-refractivity contribution >= 4 is 46.4 Å². The lowest BCUT2D eigenvalue weighted by atomic mass is 9.69. The zero-order valence-corrected chi connectivity index (χ0v) is 21.1. The SMILES string of the molecule is Clc1ccc(-c2cccc(C3(c4cccc(-c5ccc(Cl)nc5Cl)n4)CCCCC3)n2)c(Cl)n1. The first-order valence-electron chi connectivity index (χ1n) is 11.1. The highest BCUT2D eigenvalue weighted by Crippen LogP contribution is 2.44. The van der Waals surface area contributed by atoms with E-state index in [0.29, 0.717) is 20.6 Å². The summed E-state index contributed by atoms with van der Waals surface area (Å²) in [7, 11) is 0. The van der Waals surface area contributed by atoms with Crippen LogP contribution in [-0.2, 0) is 5.41 Å². The maximum atomic E-state index is 6.39. The van der Waals surface area contributed by atoms with Crippen LogP contribution in [-0.4, -0.2) is 19.9 Å². The second kappa shape index (κ2) is 9.79. The van der Waals surface area contributed by atoms with E-state index in [4.69, 9.17) is 56.4 Å². The Labute approximate surface area is 218 Å². The van der Waals surface area contributed by atoms with Crippen LogP contribution in [0.5, 0.6) is 0 Å². The summed E-state index contributed by atoms with van der Waals surface area (Å²) >= 11 is 24.8. The Morgan fingerprint density at radius 2 is 1.00 bits per heavy atom. The summed E-state index contributed by atoms with van der Waals surface area (Å²) in [6.45, 7) is 0. The van der Waals surface area contributed by atoms with E-state index >= 15 is 0 Å². The molecule has 0 aromatic carbocycles. The van der Waals surface area contributed by atoms with Gasteiger partial charge in [0.1, 0.15) is 20.6 Å². The molecule has 4 aromatic heterocycles. The number of hydrogen-bond acceptors (Lipinski definition) is 4. The molecule has 4 heterocycles. The van der Waals surface area contributed by atoms with Gasteiger partial charge in [-0.25, -0.2) is 9.97 Å². The monoisotopic (exact) mass is 528 g/mol. The van der Waals surface area contributed by atoms with E-state index in [1.54, 1.807) is 12.1 Å². The molecule has 1 aliphatic carbocycles. The van der Waals surface area contributed by atoms with E-state index in [1.807, 2.05) is 36.4 Å². The second-order valence-electron chi connectivity index (χ2n) is 8.40. The number of halogens is 4. The van der Waals surface area contributed by atoms with Gasteiger partial charge in [-0.05, 0) is 61.4 Å². The summed E-state index contributed by atoms with van der Waals surface area (Å²) in [5.74, 6) is 0. The van der Waals surface area contributed by atoms with Gasteiger partial charge in [0.05, 0.1) is 28.2 Å². The second-order valence-corrected chi connectivity index (χ2v) is 9.89. The third-order valence-electron chi connectivity index (χ3n) is 6.37. The van der Waals surface area contributed by atoms with Crippen LogP contribution in [0.4, 0.5) is 0 Å². The van der Waals surface area contributed by atoms with Crippen molar-refractivity contribution in [1.29, 1.82) is 0 Å². The minimum Gasteiger partial charge on any atom is -0.252 e. The van der Waals surface area contributed by atoms with Crippen molar-refractivity contribution < 1.29 is 0 Å². The Kier molecular flexibility index (Phi) is 6.76. The van der Waals surface area contributed by atoms with Crippen LogP contribution in [0.3, 0.4) is 0 Å². The van der Waals surface area contributed by atoms with Crippen LogP contribution in [0.15, 0.2) is 60.7 Å². The van der Waals surface area contributed by atoms with Crippen LogP contribution in [0.1, 0.15) is 43.5 Å². The third-order valence-corrected chi connectivity index (χ3v) is 7.36. The number of rotatable bonds is 4. The van der Waals surface area contributed by atoms with Crippen molar-refractivity contribution in [3.05, 3.63) is 92.7 Å². The quantitative estimate of drug-likeness (QED) is 0.249. The molecular weight excluding hydrogens is 510 g/mol. The topological polar surface area (TPSA) is 51.6 Å². The lowest BCUT2D eigenvalue weighted by Gasteiger charge is -2.37. The first kappa shape index (κ1) is 23.5. The maximum absolute atomic E-state index is 6.39. The molecule has 34 heavy (non-hydrogen) atoms. The molecule has 5 rings (SSSR count). The molecule has 0 aliphatic heterocycles. The smallest absolute Gasteiger partial charge is 0.140 e. The molecule has 4 nitrogen and oxygen atoms in total. The predicted octanol–water partition coefficient (Wildman–Crippen LogP) is 8.46. The molecule has 172 valence electrons. The van der Waals surface area contributed by atoms with Gasteiger partial charge >= 0.3 is 0 Å². The lowest BCUT2D eigenvalue weighted by Crippen LogP contribution is -2.32. The maximum Gasteiger partial charge on any atom is 0.140 e. The molecule has 1 fully saturated rings. The predicted molar refractivity (Wildman–Crippen MR) is 139 cm³/mol. The Bertz CT molecular complexity index is 1260. The molecule has 0 amide bonds. The van der Waals surface area contributed by atoms with Gasteiger partial charge in [0.25, 0.3) is 0 Å². The summed E-state index contributed by atoms with van der Waals surface area (Å²) in [5.41, 5.74) is 4.65. The molecule has 0 unspecified atom stereocenters. The molecule has 1 aliphatic rings. The molecule has 0 radical (unpaired) electrons. The van der Waals surface area contributed by atoms with Crippen LogP contribution in [0.25, 0.3) is 22.5 Å². The van der Waals surface area contributed by atoms with Gasteiger partial charge in [0, 0.05) is 11.1 Å². The highest BCUT2D eigenvalue weighted by molar-refractivity contribution is 6.34. The Morgan fingerprint density at radius 3 is 1.44 bits per heavy atom. The average molecular weight is 530 g/mol. The van der Waals surface area contributed by atoms with Crippen LogP contribution in [0, 0.1) is 0 Å². The van der Waals surface area contributed by atoms with E-state index < -0.39 is 0 Å². The summed E-state index contributed by atoms with van der Waals surface area (Å²) in [6.07, 6.45) is 5.31. The Balaban J connectivity index is 1.62. The molecule has 0 bridgehead atoms. The average Bonchev–Trinajstić information content (AvgIpc) is 2.85. The molecule has 0 N–H and O–H groups in total. The fourth-order valence-electron chi connectivity index (χ4n) is 4.71. The molecule has 0 spiro atoms. The first-order chi connectivity index (χ1) is 16.5. The number of aromatic nitrogens is 4. The van der Waals surface area contributed by atoms with Crippen molar-refractivity contribution in [1.82, 2.24) is 19.9 Å². The van der Waals surface area contributed by atoms with Gasteiger partial charge in [-0.1, -0.05) is 77.8 Å². The van der Waals surface area contributed by atoms with Crippen molar-refractivity contribution in [2.24, 2.45) is 0 Å². The van der Waals surface area contributed by atoms with Gasteiger partial charge < -0.3 is 0 Å². The summed E-state index contributed by atoms with van der Waals surface area (Å²) in [5, 5.41) is 1.37. The van der Waals surface area contributed by atoms with E-state index in [1.165, 1.54) is 6.42 Å². The van der Waals surface area contributed by atoms with Gasteiger partial charge in [-0.2, -0.15) is 0 Å². The van der Waals surface area contributed by atoms with Crippen molar-refractivity contribution in [3.63, 3.8) is 0 Å². The van der Waals surface area contributed by atoms with E-state index in [2.05, 4.69) is 22.1 Å². The van der Waals surface area contributed by atoms with Gasteiger partial charge in [-0.15, -0.1) is 0 Å². The van der Waals surface area contributed by atoms with Crippen molar-refractivity contribution in [3.8, 4) is 22.5 Å². The van der Waals surface area contributed by atoms with Crippen LogP contribution < -0.4 is 0 Å². The molecule has 0 atom stereocenters. The van der Waals surface area contributed by atoms with E-state index in [9.17, 15) is 0 Å². The van der Waals surface area contributed by atoms with Crippen molar-refractivity contribution in [2.45, 2.75) is 37.5 Å². The van der Waals surface area contributed by atoms with E-state index in [0.717, 1.165) is 59.6 Å². The molecule has 4 aromatic rings. The molecule has 1 saturated carbocycles. The highest BCUT2D eigenvalue weighted by atomic mass is 35.5. The summed E-state index contributed by atoms with van der Waals surface area (Å²) in [4.78, 5) is 18.5. The standard InChI is InChI=1S/C26H20Cl4N4/c27-22-12-10-16(24(29)33-22)18-6-4-8-20(31-18)26(14-2-1-3-15-26)21-9-5-7-19(32-21)17-11-13-23(28)34-25(17)30/h4-13H,1-3,14-15H2. The van der Waals surface area contributed by atoms with Crippen molar-refractivity contribution in [2.75, 3.05) is 0 Å². The minimum atomic E-state index is -0.317. The van der Waals surface area contributed by atoms with Gasteiger partial charge in [0.15, 0.2) is 0 Å².